The SMILES string of the molecule is COc1ccc2c3c1O[C@H]1C4(CC[C@H]5[C@@H](C2)[N+](C)(C)CC[C@@]351)OCCO4. The second-order valence-electron chi connectivity index (χ2n) is 9.35. The van der Waals surface area contributed by atoms with Crippen LogP contribution >= 0.6 is 0 Å². The number of likely N-dealkylation sites (tertiary alicyclic amines) is 1. The van der Waals surface area contributed by atoms with Crippen molar-refractivity contribution in [3.63, 3.8) is 0 Å². The highest BCUT2D eigenvalue weighted by molar-refractivity contribution is 5.61. The highest BCUT2D eigenvalue weighted by atomic mass is 16.8. The summed E-state index contributed by atoms with van der Waals surface area (Å²) in [5.74, 6) is 1.87. The van der Waals surface area contributed by atoms with Gasteiger partial charge in [-0.25, -0.2) is 0 Å². The van der Waals surface area contributed by atoms with Crippen LogP contribution in [0.5, 0.6) is 11.5 Å². The first-order valence-corrected chi connectivity index (χ1v) is 9.99. The topological polar surface area (TPSA) is 36.9 Å². The van der Waals surface area contributed by atoms with E-state index in [4.69, 9.17) is 18.9 Å². The summed E-state index contributed by atoms with van der Waals surface area (Å²) in [6.45, 7) is 2.52. The van der Waals surface area contributed by atoms with Crippen LogP contribution in [0.4, 0.5) is 0 Å². The molecule has 6 rings (SSSR count). The fraction of sp³-hybridized carbons (Fsp3) is 0.714. The fourth-order valence-corrected chi connectivity index (χ4v) is 7.01. The van der Waals surface area contributed by atoms with E-state index in [0.29, 0.717) is 25.2 Å². The zero-order valence-corrected chi connectivity index (χ0v) is 15.9. The van der Waals surface area contributed by atoms with Crippen molar-refractivity contribution in [2.45, 2.75) is 49.0 Å². The maximum Gasteiger partial charge on any atom is 0.206 e. The number of nitrogens with zero attached hydrogens (tertiary/aromatic N) is 1. The lowest BCUT2D eigenvalue weighted by Crippen LogP contribution is -2.73. The van der Waals surface area contributed by atoms with Crippen molar-refractivity contribution >= 4 is 0 Å². The molecule has 0 unspecified atom stereocenters. The Balaban J connectivity index is 1.62. The van der Waals surface area contributed by atoms with Crippen molar-refractivity contribution in [3.05, 3.63) is 23.3 Å². The molecule has 1 aromatic rings. The summed E-state index contributed by atoms with van der Waals surface area (Å²) in [5, 5.41) is 0. The maximum atomic E-state index is 6.72. The Labute approximate surface area is 154 Å². The van der Waals surface area contributed by atoms with Crippen LogP contribution in [0.2, 0.25) is 0 Å². The maximum absolute atomic E-state index is 6.72. The quantitative estimate of drug-likeness (QED) is 0.722. The molecule has 2 bridgehead atoms. The zero-order chi connectivity index (χ0) is 17.7. The number of hydrogen-bond donors (Lipinski definition) is 0. The molecule has 140 valence electrons. The Bertz CT molecular complexity index is 784. The van der Waals surface area contributed by atoms with Crippen molar-refractivity contribution in [2.75, 3.05) is 41.0 Å². The van der Waals surface area contributed by atoms with Crippen molar-refractivity contribution in [1.29, 1.82) is 0 Å². The number of rotatable bonds is 1. The molecule has 26 heavy (non-hydrogen) atoms. The third-order valence-corrected chi connectivity index (χ3v) is 8.13. The molecule has 0 aromatic heterocycles. The fourth-order valence-electron chi connectivity index (χ4n) is 7.01. The standard InChI is InChI=1S/C21H28NO4/c1-22(2)9-8-20-14-6-7-21(24-10-11-25-21)19(20)26-18-16(23-3)5-4-13(17(18)20)12-15(14)22/h4-5,14-15,19H,6-12H2,1-3H3/q+1/t14-,15+,19+,20-/m0/s1. The smallest absolute Gasteiger partial charge is 0.206 e. The van der Waals surface area contributed by atoms with Crippen LogP contribution in [0.15, 0.2) is 12.1 Å². The monoisotopic (exact) mass is 358 g/mol. The molecule has 2 spiro atoms. The number of hydrogen-bond acceptors (Lipinski definition) is 4. The Morgan fingerprint density at radius 2 is 1.96 bits per heavy atom. The van der Waals surface area contributed by atoms with E-state index in [1.165, 1.54) is 17.7 Å². The van der Waals surface area contributed by atoms with Gasteiger partial charge in [0.1, 0.15) is 0 Å². The highest BCUT2D eigenvalue weighted by Crippen LogP contribution is 2.67. The second kappa shape index (κ2) is 4.75. The lowest BCUT2D eigenvalue weighted by atomic mass is 9.50. The number of quaternary nitrogens is 1. The largest absolute Gasteiger partial charge is 0.493 e. The minimum Gasteiger partial charge on any atom is -0.493 e. The van der Waals surface area contributed by atoms with Gasteiger partial charge in [0.25, 0.3) is 0 Å². The molecule has 3 fully saturated rings. The number of likely N-dealkylation sites (N-methyl/N-ethyl adjacent to an activating group) is 1. The van der Waals surface area contributed by atoms with Crippen LogP contribution in [0.1, 0.15) is 30.4 Å². The Kier molecular flexibility index (Phi) is 2.87. The van der Waals surface area contributed by atoms with Gasteiger partial charge in [0, 0.05) is 30.7 Å². The van der Waals surface area contributed by atoms with Gasteiger partial charge in [-0.3, -0.25) is 0 Å². The minimum absolute atomic E-state index is 0.0124. The van der Waals surface area contributed by atoms with Crippen LogP contribution in [-0.4, -0.2) is 63.4 Å². The Hall–Kier alpha value is -1.30. The lowest BCUT2D eigenvalue weighted by molar-refractivity contribution is -0.927. The van der Waals surface area contributed by atoms with Gasteiger partial charge < -0.3 is 23.4 Å². The molecule has 3 heterocycles. The van der Waals surface area contributed by atoms with E-state index in [9.17, 15) is 0 Å². The van der Waals surface area contributed by atoms with E-state index >= 15 is 0 Å². The normalized spacial score (nSPS) is 40.2. The van der Waals surface area contributed by atoms with Gasteiger partial charge in [-0.2, -0.15) is 0 Å². The van der Waals surface area contributed by atoms with E-state index in [2.05, 4.69) is 26.2 Å². The zero-order valence-electron chi connectivity index (χ0n) is 15.9. The second-order valence-corrected chi connectivity index (χ2v) is 9.35. The molecular weight excluding hydrogens is 330 g/mol. The van der Waals surface area contributed by atoms with E-state index in [0.717, 1.165) is 41.7 Å². The summed E-state index contributed by atoms with van der Waals surface area (Å²) in [6, 6.07) is 5.00. The van der Waals surface area contributed by atoms with E-state index in [1.807, 2.05) is 0 Å². The van der Waals surface area contributed by atoms with Gasteiger partial charge in [-0.15, -0.1) is 0 Å². The first-order valence-electron chi connectivity index (χ1n) is 9.99. The van der Waals surface area contributed by atoms with Gasteiger partial charge in [-0.05, 0) is 18.1 Å². The first kappa shape index (κ1) is 15.7. The average molecular weight is 358 g/mol. The third-order valence-electron chi connectivity index (χ3n) is 8.13. The molecular formula is C21H28NO4+. The molecule has 4 atom stereocenters. The van der Waals surface area contributed by atoms with Crippen LogP contribution < -0.4 is 9.47 Å². The molecule has 3 aliphatic heterocycles. The molecule has 2 aliphatic carbocycles. The molecule has 5 aliphatic rings. The number of benzene rings is 1. The van der Waals surface area contributed by atoms with Crippen LogP contribution in [0.25, 0.3) is 0 Å². The van der Waals surface area contributed by atoms with E-state index in [-0.39, 0.29) is 11.5 Å². The Morgan fingerprint density at radius 3 is 2.73 bits per heavy atom. The van der Waals surface area contributed by atoms with Gasteiger partial charge in [0.05, 0.1) is 52.4 Å². The Morgan fingerprint density at radius 1 is 1.15 bits per heavy atom. The van der Waals surface area contributed by atoms with Gasteiger partial charge in [0.15, 0.2) is 17.6 Å². The summed E-state index contributed by atoms with van der Waals surface area (Å²) >= 11 is 0. The molecule has 1 saturated carbocycles. The van der Waals surface area contributed by atoms with Crippen LogP contribution in [0.3, 0.4) is 0 Å². The van der Waals surface area contributed by atoms with Crippen LogP contribution in [-0.2, 0) is 21.3 Å². The third kappa shape index (κ3) is 1.60. The molecule has 1 aromatic carbocycles. The number of fused-ring (bicyclic) bond motifs is 1. The van der Waals surface area contributed by atoms with E-state index < -0.39 is 5.79 Å². The molecule has 2 saturated heterocycles. The lowest BCUT2D eigenvalue weighted by Gasteiger charge is -2.61. The first-order chi connectivity index (χ1) is 12.5. The average Bonchev–Trinajstić information content (AvgIpc) is 3.23. The number of methoxy groups -OCH3 is 1. The molecule has 0 amide bonds. The van der Waals surface area contributed by atoms with Gasteiger partial charge in [0.2, 0.25) is 5.79 Å². The summed E-state index contributed by atoms with van der Waals surface area (Å²) < 4.78 is 26.0. The van der Waals surface area contributed by atoms with E-state index in [1.54, 1.807) is 7.11 Å². The van der Waals surface area contributed by atoms with Gasteiger partial charge in [-0.1, -0.05) is 6.07 Å². The summed E-state index contributed by atoms with van der Waals surface area (Å²) in [4.78, 5) is 0. The number of ether oxygens (including phenoxy) is 4. The highest BCUT2D eigenvalue weighted by Gasteiger charge is 2.73. The predicted molar refractivity (Wildman–Crippen MR) is 95.5 cm³/mol. The van der Waals surface area contributed by atoms with Crippen LogP contribution in [0, 0.1) is 5.92 Å². The summed E-state index contributed by atoms with van der Waals surface area (Å²) in [6.07, 6.45) is 4.31. The minimum atomic E-state index is -0.575. The molecule has 5 nitrogen and oxygen atoms in total. The van der Waals surface area contributed by atoms with Crippen molar-refractivity contribution in [3.8, 4) is 11.5 Å². The number of piperidine rings is 1. The van der Waals surface area contributed by atoms with Crippen molar-refractivity contribution < 1.29 is 23.4 Å². The van der Waals surface area contributed by atoms with Crippen molar-refractivity contribution in [2.24, 2.45) is 5.92 Å². The van der Waals surface area contributed by atoms with Gasteiger partial charge >= 0.3 is 0 Å². The van der Waals surface area contributed by atoms with Crippen molar-refractivity contribution in [1.82, 2.24) is 0 Å². The summed E-state index contributed by atoms with van der Waals surface area (Å²) in [5.41, 5.74) is 2.88. The molecule has 5 heteroatoms. The summed E-state index contributed by atoms with van der Waals surface area (Å²) in [7, 11) is 6.55. The molecule has 0 N–H and O–H groups in total. The predicted octanol–water partition coefficient (Wildman–Crippen LogP) is 2.25. The molecule has 0 radical (unpaired) electrons.